The minimum Gasteiger partial charge on any atom is -0.379 e. The van der Waals surface area contributed by atoms with Crippen LogP contribution >= 0.6 is 0 Å². The standard InChI is InChI=1S/C12H21N3O2/c16-12(13-4-3-11-1-2-11)14-5-6-15-7-9-17-10-8-15/h3-4,11H,1-2,5-10H2,(H2,13,14,16)/b4-3+. The van der Waals surface area contributed by atoms with Crippen molar-refractivity contribution in [1.82, 2.24) is 15.5 Å². The van der Waals surface area contributed by atoms with E-state index in [4.69, 9.17) is 4.74 Å². The molecule has 1 saturated carbocycles. The van der Waals surface area contributed by atoms with E-state index < -0.39 is 0 Å². The number of amides is 2. The van der Waals surface area contributed by atoms with E-state index in [2.05, 4.69) is 21.6 Å². The van der Waals surface area contributed by atoms with Crippen LogP contribution in [0.1, 0.15) is 12.8 Å². The first kappa shape index (κ1) is 12.4. The molecular weight excluding hydrogens is 218 g/mol. The normalized spacial score (nSPS) is 21.6. The van der Waals surface area contributed by atoms with Crippen molar-refractivity contribution in [3.05, 3.63) is 12.3 Å². The first-order valence-corrected chi connectivity index (χ1v) is 6.36. The second-order valence-corrected chi connectivity index (χ2v) is 4.55. The largest absolute Gasteiger partial charge is 0.379 e. The molecule has 2 amide bonds. The molecule has 0 unspecified atom stereocenters. The maximum absolute atomic E-state index is 11.4. The highest BCUT2D eigenvalue weighted by molar-refractivity contribution is 5.74. The lowest BCUT2D eigenvalue weighted by molar-refractivity contribution is 0.0387. The molecule has 17 heavy (non-hydrogen) atoms. The Hall–Kier alpha value is -1.07. The summed E-state index contributed by atoms with van der Waals surface area (Å²) in [6.07, 6.45) is 6.33. The number of nitrogens with zero attached hydrogens (tertiary/aromatic N) is 1. The molecule has 1 aliphatic heterocycles. The van der Waals surface area contributed by atoms with Crippen LogP contribution in [0.3, 0.4) is 0 Å². The zero-order valence-electron chi connectivity index (χ0n) is 10.2. The van der Waals surface area contributed by atoms with Gasteiger partial charge in [-0.15, -0.1) is 0 Å². The molecule has 2 rings (SSSR count). The van der Waals surface area contributed by atoms with E-state index in [1.165, 1.54) is 12.8 Å². The van der Waals surface area contributed by atoms with Gasteiger partial charge in [-0.05, 0) is 18.8 Å². The average Bonchev–Trinajstić information content (AvgIpc) is 3.14. The Labute approximate surface area is 102 Å². The summed E-state index contributed by atoms with van der Waals surface area (Å²) in [5.74, 6) is 0.698. The summed E-state index contributed by atoms with van der Waals surface area (Å²) < 4.78 is 5.26. The predicted molar refractivity (Wildman–Crippen MR) is 65.7 cm³/mol. The van der Waals surface area contributed by atoms with Crippen LogP contribution in [0.15, 0.2) is 12.3 Å². The monoisotopic (exact) mass is 239 g/mol. The van der Waals surface area contributed by atoms with Crippen molar-refractivity contribution in [3.8, 4) is 0 Å². The Morgan fingerprint density at radius 1 is 1.35 bits per heavy atom. The Kier molecular flexibility index (Phi) is 4.82. The second kappa shape index (κ2) is 6.61. The summed E-state index contributed by atoms with van der Waals surface area (Å²) in [6.45, 7) is 5.11. The van der Waals surface area contributed by atoms with Crippen LogP contribution in [0.2, 0.25) is 0 Å². The molecule has 1 heterocycles. The highest BCUT2D eigenvalue weighted by Crippen LogP contribution is 2.29. The van der Waals surface area contributed by atoms with Crippen LogP contribution < -0.4 is 10.6 Å². The number of morpholine rings is 1. The zero-order chi connectivity index (χ0) is 11.9. The minimum atomic E-state index is -0.116. The van der Waals surface area contributed by atoms with E-state index in [1.54, 1.807) is 6.20 Å². The van der Waals surface area contributed by atoms with Gasteiger partial charge < -0.3 is 15.4 Å². The molecule has 5 heteroatoms. The molecule has 0 spiro atoms. The van der Waals surface area contributed by atoms with E-state index in [0.29, 0.717) is 12.5 Å². The van der Waals surface area contributed by atoms with Crippen molar-refractivity contribution in [2.75, 3.05) is 39.4 Å². The highest BCUT2D eigenvalue weighted by atomic mass is 16.5. The fraction of sp³-hybridized carbons (Fsp3) is 0.750. The molecule has 1 saturated heterocycles. The molecule has 0 atom stereocenters. The van der Waals surface area contributed by atoms with Gasteiger partial charge in [0.2, 0.25) is 0 Å². The molecule has 0 bridgehead atoms. The van der Waals surface area contributed by atoms with Crippen molar-refractivity contribution in [1.29, 1.82) is 0 Å². The molecule has 2 fully saturated rings. The van der Waals surface area contributed by atoms with Crippen LogP contribution in [-0.2, 0) is 4.74 Å². The van der Waals surface area contributed by atoms with E-state index in [9.17, 15) is 4.79 Å². The van der Waals surface area contributed by atoms with Gasteiger partial charge in [0, 0.05) is 32.4 Å². The van der Waals surface area contributed by atoms with Crippen molar-refractivity contribution < 1.29 is 9.53 Å². The SMILES string of the molecule is O=C(N/C=C/C1CC1)NCCN1CCOCC1. The quantitative estimate of drug-likeness (QED) is 0.736. The number of carbonyl (C=O) groups excluding carboxylic acids is 1. The van der Waals surface area contributed by atoms with Gasteiger partial charge in [0.15, 0.2) is 0 Å². The van der Waals surface area contributed by atoms with Gasteiger partial charge in [-0.3, -0.25) is 4.90 Å². The summed E-state index contributed by atoms with van der Waals surface area (Å²) in [7, 11) is 0. The Bertz CT molecular complexity index is 271. The number of allylic oxidation sites excluding steroid dienone is 1. The Morgan fingerprint density at radius 3 is 2.82 bits per heavy atom. The number of urea groups is 1. The number of rotatable bonds is 5. The van der Waals surface area contributed by atoms with Gasteiger partial charge >= 0.3 is 6.03 Å². The number of hydrogen-bond donors (Lipinski definition) is 2. The first-order valence-electron chi connectivity index (χ1n) is 6.36. The van der Waals surface area contributed by atoms with Gasteiger partial charge in [-0.25, -0.2) is 4.79 Å². The third kappa shape index (κ3) is 5.19. The van der Waals surface area contributed by atoms with Crippen molar-refractivity contribution in [3.63, 3.8) is 0 Å². The predicted octanol–water partition coefficient (Wildman–Crippen LogP) is 0.541. The van der Waals surface area contributed by atoms with Gasteiger partial charge in [0.1, 0.15) is 0 Å². The summed E-state index contributed by atoms with van der Waals surface area (Å²) in [4.78, 5) is 13.7. The smallest absolute Gasteiger partial charge is 0.318 e. The van der Waals surface area contributed by atoms with Crippen LogP contribution in [0.25, 0.3) is 0 Å². The van der Waals surface area contributed by atoms with Gasteiger partial charge in [-0.2, -0.15) is 0 Å². The number of ether oxygens (including phenoxy) is 1. The summed E-state index contributed by atoms with van der Waals surface area (Å²) in [5.41, 5.74) is 0. The molecule has 5 nitrogen and oxygen atoms in total. The van der Waals surface area contributed by atoms with Crippen molar-refractivity contribution in [2.45, 2.75) is 12.8 Å². The second-order valence-electron chi connectivity index (χ2n) is 4.55. The van der Waals surface area contributed by atoms with Crippen molar-refractivity contribution in [2.24, 2.45) is 5.92 Å². The van der Waals surface area contributed by atoms with Crippen LogP contribution in [0.5, 0.6) is 0 Å². The molecule has 1 aliphatic carbocycles. The lowest BCUT2D eigenvalue weighted by atomic mass is 10.4. The Morgan fingerprint density at radius 2 is 2.12 bits per heavy atom. The average molecular weight is 239 g/mol. The molecule has 0 aromatic heterocycles. The summed E-state index contributed by atoms with van der Waals surface area (Å²) in [5, 5.41) is 5.56. The molecule has 0 aromatic carbocycles. The molecular formula is C12H21N3O2. The lowest BCUT2D eigenvalue weighted by Gasteiger charge is -2.26. The maximum Gasteiger partial charge on any atom is 0.318 e. The lowest BCUT2D eigenvalue weighted by Crippen LogP contribution is -2.42. The Balaban J connectivity index is 1.49. The molecule has 0 aromatic rings. The molecule has 0 radical (unpaired) electrons. The van der Waals surface area contributed by atoms with E-state index in [0.717, 1.165) is 32.8 Å². The first-order chi connectivity index (χ1) is 8.34. The molecule has 96 valence electrons. The van der Waals surface area contributed by atoms with Gasteiger partial charge in [0.05, 0.1) is 13.2 Å². The van der Waals surface area contributed by atoms with E-state index in [-0.39, 0.29) is 6.03 Å². The minimum absolute atomic E-state index is 0.116. The van der Waals surface area contributed by atoms with Gasteiger partial charge in [-0.1, -0.05) is 6.08 Å². The van der Waals surface area contributed by atoms with Crippen LogP contribution in [0, 0.1) is 5.92 Å². The number of carbonyl (C=O) groups is 1. The fourth-order valence-corrected chi connectivity index (χ4v) is 1.75. The highest BCUT2D eigenvalue weighted by Gasteiger charge is 2.17. The third-order valence-corrected chi connectivity index (χ3v) is 3.02. The van der Waals surface area contributed by atoms with Crippen LogP contribution in [-0.4, -0.2) is 50.3 Å². The molecule has 2 N–H and O–H groups in total. The molecule has 2 aliphatic rings. The van der Waals surface area contributed by atoms with Crippen molar-refractivity contribution >= 4 is 6.03 Å². The van der Waals surface area contributed by atoms with Gasteiger partial charge in [0.25, 0.3) is 0 Å². The maximum atomic E-state index is 11.4. The third-order valence-electron chi connectivity index (χ3n) is 3.02. The van der Waals surface area contributed by atoms with Crippen LogP contribution in [0.4, 0.5) is 4.79 Å². The van der Waals surface area contributed by atoms with E-state index in [1.807, 2.05) is 0 Å². The zero-order valence-corrected chi connectivity index (χ0v) is 10.2. The topological polar surface area (TPSA) is 53.6 Å². The summed E-state index contributed by atoms with van der Waals surface area (Å²) >= 11 is 0. The number of hydrogen-bond acceptors (Lipinski definition) is 3. The number of nitrogens with one attached hydrogen (secondary N) is 2. The van der Waals surface area contributed by atoms with E-state index >= 15 is 0 Å². The summed E-state index contributed by atoms with van der Waals surface area (Å²) in [6, 6.07) is -0.116. The fourth-order valence-electron chi connectivity index (χ4n) is 1.75.